The molecule has 122 valence electrons. The topological polar surface area (TPSA) is 62.7 Å². The van der Waals surface area contributed by atoms with E-state index in [2.05, 4.69) is 4.98 Å². The van der Waals surface area contributed by atoms with Gasteiger partial charge in [0.05, 0.1) is 23.8 Å². The van der Waals surface area contributed by atoms with E-state index in [1.165, 1.54) is 11.3 Å². The molecule has 1 aromatic heterocycles. The van der Waals surface area contributed by atoms with E-state index in [-0.39, 0.29) is 24.1 Å². The second-order valence-electron chi connectivity index (χ2n) is 6.66. The zero-order valence-electron chi connectivity index (χ0n) is 13.7. The summed E-state index contributed by atoms with van der Waals surface area (Å²) in [6, 6.07) is -0.175. The van der Waals surface area contributed by atoms with Gasteiger partial charge in [-0.3, -0.25) is 14.7 Å². The summed E-state index contributed by atoms with van der Waals surface area (Å²) in [5.74, 6) is -0.0231. The summed E-state index contributed by atoms with van der Waals surface area (Å²) in [6.45, 7) is 10.4. The highest BCUT2D eigenvalue weighted by Crippen LogP contribution is 2.22. The van der Waals surface area contributed by atoms with Crippen LogP contribution in [0.3, 0.4) is 0 Å². The lowest BCUT2D eigenvalue weighted by Gasteiger charge is -2.44. The van der Waals surface area contributed by atoms with Crippen LogP contribution in [0.4, 0.5) is 4.79 Å². The maximum Gasteiger partial charge on any atom is 0.410 e. The molecule has 0 aromatic carbocycles. The largest absolute Gasteiger partial charge is 0.444 e. The van der Waals surface area contributed by atoms with Gasteiger partial charge in [0.1, 0.15) is 10.5 Å². The molecule has 1 fully saturated rings. The van der Waals surface area contributed by atoms with Crippen LogP contribution in [0.2, 0.25) is 0 Å². The molecule has 1 aliphatic rings. The van der Waals surface area contributed by atoms with Gasteiger partial charge < -0.3 is 9.64 Å². The Labute approximate surface area is 135 Å². The summed E-state index contributed by atoms with van der Waals surface area (Å²) in [6.07, 6.45) is 1.26. The third kappa shape index (κ3) is 3.76. The van der Waals surface area contributed by atoms with E-state index in [4.69, 9.17) is 4.74 Å². The van der Waals surface area contributed by atoms with E-state index in [0.29, 0.717) is 18.0 Å². The lowest BCUT2D eigenvalue weighted by Crippen LogP contribution is -2.60. The highest BCUT2D eigenvalue weighted by Gasteiger charge is 2.37. The van der Waals surface area contributed by atoms with E-state index in [1.54, 1.807) is 21.5 Å². The van der Waals surface area contributed by atoms with Crippen molar-refractivity contribution in [2.45, 2.75) is 52.3 Å². The Hall–Kier alpha value is -1.63. The summed E-state index contributed by atoms with van der Waals surface area (Å²) in [5.41, 5.74) is 1.13. The van der Waals surface area contributed by atoms with Crippen molar-refractivity contribution in [2.75, 3.05) is 13.1 Å². The van der Waals surface area contributed by atoms with Crippen LogP contribution in [0, 0.1) is 0 Å². The zero-order chi connectivity index (χ0) is 16.5. The Bertz CT molecular complexity index is 527. The predicted octanol–water partition coefficient (Wildman–Crippen LogP) is 2.61. The molecule has 2 heterocycles. The molecular formula is C15H23N3O3S. The molecule has 22 heavy (non-hydrogen) atoms. The quantitative estimate of drug-likeness (QED) is 0.796. The number of hydrogen-bond donors (Lipinski definition) is 0. The Kier molecular flexibility index (Phi) is 4.75. The fourth-order valence-corrected chi connectivity index (χ4v) is 3.23. The average Bonchev–Trinajstić information content (AvgIpc) is 2.88. The maximum atomic E-state index is 12.4. The SMILES string of the molecule is CC1CN(C(=O)c2cncs2)CC(C)N1C(=O)OC(C)(C)C. The second kappa shape index (κ2) is 6.24. The van der Waals surface area contributed by atoms with Gasteiger partial charge in [-0.1, -0.05) is 0 Å². The van der Waals surface area contributed by atoms with Crippen LogP contribution < -0.4 is 0 Å². The van der Waals surface area contributed by atoms with E-state index < -0.39 is 5.60 Å². The van der Waals surface area contributed by atoms with Crippen molar-refractivity contribution in [2.24, 2.45) is 0 Å². The van der Waals surface area contributed by atoms with Gasteiger partial charge in [-0.2, -0.15) is 0 Å². The molecule has 0 aliphatic carbocycles. The summed E-state index contributed by atoms with van der Waals surface area (Å²) < 4.78 is 5.46. The van der Waals surface area contributed by atoms with Crippen molar-refractivity contribution in [1.29, 1.82) is 0 Å². The fraction of sp³-hybridized carbons (Fsp3) is 0.667. The second-order valence-corrected chi connectivity index (χ2v) is 7.55. The summed E-state index contributed by atoms with van der Waals surface area (Å²) in [4.78, 5) is 32.8. The van der Waals surface area contributed by atoms with Crippen LogP contribution in [0.5, 0.6) is 0 Å². The van der Waals surface area contributed by atoms with Crippen molar-refractivity contribution in [3.8, 4) is 0 Å². The Morgan fingerprint density at radius 2 is 1.86 bits per heavy atom. The zero-order valence-corrected chi connectivity index (χ0v) is 14.5. The van der Waals surface area contributed by atoms with Gasteiger partial charge in [-0.25, -0.2) is 4.79 Å². The van der Waals surface area contributed by atoms with Crippen molar-refractivity contribution < 1.29 is 14.3 Å². The van der Waals surface area contributed by atoms with Crippen molar-refractivity contribution >= 4 is 23.3 Å². The summed E-state index contributed by atoms with van der Waals surface area (Å²) in [5, 5.41) is 0. The minimum Gasteiger partial charge on any atom is -0.444 e. The minimum absolute atomic E-state index is 0.0231. The lowest BCUT2D eigenvalue weighted by molar-refractivity contribution is -0.0129. The Morgan fingerprint density at radius 1 is 1.27 bits per heavy atom. The fourth-order valence-electron chi connectivity index (χ4n) is 2.64. The van der Waals surface area contributed by atoms with E-state index >= 15 is 0 Å². The normalized spacial score (nSPS) is 22.6. The number of aromatic nitrogens is 1. The summed E-state index contributed by atoms with van der Waals surface area (Å²) >= 11 is 1.33. The van der Waals surface area contributed by atoms with Gasteiger partial charge in [-0.15, -0.1) is 11.3 Å². The number of ether oxygens (including phenoxy) is 1. The molecule has 2 rings (SSSR count). The molecule has 1 aliphatic heterocycles. The first-order valence-electron chi connectivity index (χ1n) is 7.38. The maximum absolute atomic E-state index is 12.4. The molecule has 0 bridgehead atoms. The molecule has 2 unspecified atom stereocenters. The number of nitrogens with zero attached hydrogens (tertiary/aromatic N) is 3. The van der Waals surface area contributed by atoms with Crippen LogP contribution in [0.25, 0.3) is 0 Å². The Morgan fingerprint density at radius 3 is 2.32 bits per heavy atom. The van der Waals surface area contributed by atoms with Gasteiger partial charge in [0.15, 0.2) is 0 Å². The van der Waals surface area contributed by atoms with Crippen molar-refractivity contribution in [1.82, 2.24) is 14.8 Å². The number of piperazine rings is 1. The Balaban J connectivity index is 2.06. The van der Waals surface area contributed by atoms with Gasteiger partial charge in [-0.05, 0) is 34.6 Å². The number of carbonyl (C=O) groups is 2. The van der Waals surface area contributed by atoms with Crippen LogP contribution in [-0.2, 0) is 4.74 Å². The molecule has 2 atom stereocenters. The number of thiazole rings is 1. The minimum atomic E-state index is -0.522. The molecular weight excluding hydrogens is 302 g/mol. The number of amides is 2. The van der Waals surface area contributed by atoms with Crippen molar-refractivity contribution in [3.05, 3.63) is 16.6 Å². The van der Waals surface area contributed by atoms with E-state index in [0.717, 1.165) is 0 Å². The molecule has 1 saturated heterocycles. The molecule has 0 spiro atoms. The van der Waals surface area contributed by atoms with Crippen LogP contribution in [0.15, 0.2) is 11.7 Å². The smallest absolute Gasteiger partial charge is 0.410 e. The number of rotatable bonds is 1. The predicted molar refractivity (Wildman–Crippen MR) is 85.0 cm³/mol. The van der Waals surface area contributed by atoms with Gasteiger partial charge >= 0.3 is 6.09 Å². The average molecular weight is 325 g/mol. The molecule has 6 nitrogen and oxygen atoms in total. The highest BCUT2D eigenvalue weighted by molar-refractivity contribution is 7.11. The number of carbonyl (C=O) groups excluding carboxylic acids is 2. The molecule has 1 aromatic rings. The van der Waals surface area contributed by atoms with Gasteiger partial charge in [0.25, 0.3) is 5.91 Å². The van der Waals surface area contributed by atoms with E-state index in [9.17, 15) is 9.59 Å². The first-order valence-corrected chi connectivity index (χ1v) is 8.26. The first kappa shape index (κ1) is 16.7. The molecule has 0 N–H and O–H groups in total. The third-order valence-corrected chi connectivity index (χ3v) is 4.21. The van der Waals surface area contributed by atoms with Crippen LogP contribution >= 0.6 is 11.3 Å². The van der Waals surface area contributed by atoms with E-state index in [1.807, 2.05) is 34.6 Å². The van der Waals surface area contributed by atoms with Gasteiger partial charge in [0, 0.05) is 13.1 Å². The highest BCUT2D eigenvalue weighted by atomic mass is 32.1. The molecule has 7 heteroatoms. The van der Waals surface area contributed by atoms with Crippen LogP contribution in [0.1, 0.15) is 44.3 Å². The molecule has 2 amide bonds. The lowest BCUT2D eigenvalue weighted by atomic mass is 10.1. The standard InChI is InChI=1S/C15H23N3O3S/c1-10-7-17(13(19)12-6-16-9-22-12)8-11(2)18(10)14(20)21-15(3,4)5/h6,9-11H,7-8H2,1-5H3. The molecule has 0 saturated carbocycles. The van der Waals surface area contributed by atoms with Crippen molar-refractivity contribution in [3.63, 3.8) is 0 Å². The third-order valence-electron chi connectivity index (χ3n) is 3.45. The van der Waals surface area contributed by atoms with Crippen LogP contribution in [-0.4, -0.2) is 57.6 Å². The molecule has 0 radical (unpaired) electrons. The van der Waals surface area contributed by atoms with Gasteiger partial charge in [0.2, 0.25) is 0 Å². The number of hydrogen-bond acceptors (Lipinski definition) is 5. The summed E-state index contributed by atoms with van der Waals surface area (Å²) in [7, 11) is 0. The first-order chi connectivity index (χ1) is 10.2. The monoisotopic (exact) mass is 325 g/mol.